The van der Waals surface area contributed by atoms with E-state index in [0.717, 1.165) is 24.9 Å². The monoisotopic (exact) mass is 319 g/mol. The molecule has 1 aliphatic carbocycles. The van der Waals surface area contributed by atoms with Crippen molar-refractivity contribution in [2.75, 3.05) is 20.4 Å². The van der Waals surface area contributed by atoms with Crippen molar-refractivity contribution < 1.29 is 24.1 Å². The van der Waals surface area contributed by atoms with Gasteiger partial charge in [-0.3, -0.25) is 0 Å². The molecule has 2 heterocycles. The Balaban J connectivity index is 1.78. The molecule has 3 aliphatic rings. The summed E-state index contributed by atoms with van der Waals surface area (Å²) >= 11 is 0. The SMILES string of the molecule is COC(=O)c1cc2c(cc1[C@@H]1C[C@@H](O)C[C@H]3CCN[C@H]31)OCO2. The van der Waals surface area contributed by atoms with Gasteiger partial charge in [0.25, 0.3) is 0 Å². The summed E-state index contributed by atoms with van der Waals surface area (Å²) in [7, 11) is 1.38. The molecule has 2 fully saturated rings. The van der Waals surface area contributed by atoms with Crippen molar-refractivity contribution in [2.45, 2.75) is 37.3 Å². The molecule has 6 nitrogen and oxygen atoms in total. The van der Waals surface area contributed by atoms with Gasteiger partial charge in [0.1, 0.15) is 0 Å². The number of ether oxygens (including phenoxy) is 3. The summed E-state index contributed by atoms with van der Waals surface area (Å²) in [6.07, 6.45) is 2.19. The molecule has 0 radical (unpaired) electrons. The molecule has 6 heteroatoms. The first-order valence-corrected chi connectivity index (χ1v) is 8.10. The summed E-state index contributed by atoms with van der Waals surface area (Å²) in [6.45, 7) is 1.12. The van der Waals surface area contributed by atoms with Crippen molar-refractivity contribution >= 4 is 5.97 Å². The van der Waals surface area contributed by atoms with Gasteiger partial charge in [-0.15, -0.1) is 0 Å². The van der Waals surface area contributed by atoms with E-state index in [2.05, 4.69) is 5.32 Å². The van der Waals surface area contributed by atoms with Crippen LogP contribution in [0.5, 0.6) is 11.5 Å². The van der Waals surface area contributed by atoms with E-state index >= 15 is 0 Å². The second kappa shape index (κ2) is 5.69. The average molecular weight is 319 g/mol. The smallest absolute Gasteiger partial charge is 0.338 e. The summed E-state index contributed by atoms with van der Waals surface area (Å²) < 4.78 is 15.8. The highest BCUT2D eigenvalue weighted by Crippen LogP contribution is 2.45. The van der Waals surface area contributed by atoms with Crippen LogP contribution in [-0.2, 0) is 4.74 Å². The lowest BCUT2D eigenvalue weighted by atomic mass is 9.72. The minimum atomic E-state index is -0.382. The van der Waals surface area contributed by atoms with E-state index in [9.17, 15) is 9.90 Å². The Morgan fingerprint density at radius 1 is 1.30 bits per heavy atom. The molecule has 0 unspecified atom stereocenters. The first-order valence-electron chi connectivity index (χ1n) is 8.10. The van der Waals surface area contributed by atoms with Crippen LogP contribution in [0.15, 0.2) is 12.1 Å². The van der Waals surface area contributed by atoms with Crippen LogP contribution in [-0.4, -0.2) is 43.7 Å². The van der Waals surface area contributed by atoms with E-state index in [4.69, 9.17) is 14.2 Å². The van der Waals surface area contributed by atoms with Gasteiger partial charge >= 0.3 is 5.97 Å². The van der Waals surface area contributed by atoms with Crippen molar-refractivity contribution in [1.82, 2.24) is 5.32 Å². The third kappa shape index (κ3) is 2.46. The van der Waals surface area contributed by atoms with Gasteiger partial charge in [-0.25, -0.2) is 4.79 Å². The number of nitrogens with one attached hydrogen (secondary N) is 1. The van der Waals surface area contributed by atoms with E-state index in [1.54, 1.807) is 6.07 Å². The van der Waals surface area contributed by atoms with Crippen LogP contribution in [0, 0.1) is 5.92 Å². The Bertz CT molecular complexity index is 632. The van der Waals surface area contributed by atoms with Gasteiger partial charge in [-0.2, -0.15) is 0 Å². The summed E-state index contributed by atoms with van der Waals surface area (Å²) in [5.74, 6) is 1.35. The Hall–Kier alpha value is -1.79. The Labute approximate surface area is 134 Å². The van der Waals surface area contributed by atoms with E-state index < -0.39 is 0 Å². The Kier molecular flexibility index (Phi) is 3.66. The summed E-state index contributed by atoms with van der Waals surface area (Å²) in [6, 6.07) is 3.87. The predicted octanol–water partition coefficient (Wildman–Crippen LogP) is 1.42. The molecule has 1 saturated carbocycles. The minimum absolute atomic E-state index is 0.0647. The quantitative estimate of drug-likeness (QED) is 0.803. The van der Waals surface area contributed by atoms with Crippen LogP contribution < -0.4 is 14.8 Å². The average Bonchev–Trinajstić information content (AvgIpc) is 3.20. The number of aliphatic hydroxyl groups excluding tert-OH is 1. The number of rotatable bonds is 2. The Morgan fingerprint density at radius 2 is 2.09 bits per heavy atom. The van der Waals surface area contributed by atoms with Gasteiger partial charge in [0.2, 0.25) is 6.79 Å². The number of carbonyl (C=O) groups excluding carboxylic acids is 1. The highest BCUT2D eigenvalue weighted by Gasteiger charge is 2.42. The lowest BCUT2D eigenvalue weighted by Gasteiger charge is -2.37. The molecule has 1 saturated heterocycles. The first kappa shape index (κ1) is 14.8. The van der Waals surface area contributed by atoms with Gasteiger partial charge in [0.15, 0.2) is 11.5 Å². The van der Waals surface area contributed by atoms with Crippen LogP contribution in [0.3, 0.4) is 0 Å². The lowest BCUT2D eigenvalue weighted by molar-refractivity contribution is 0.0589. The largest absolute Gasteiger partial charge is 0.465 e. The zero-order chi connectivity index (χ0) is 16.0. The third-order valence-electron chi connectivity index (χ3n) is 5.29. The lowest BCUT2D eigenvalue weighted by Crippen LogP contribution is -2.41. The van der Waals surface area contributed by atoms with Gasteiger partial charge in [0.05, 0.1) is 18.8 Å². The second-order valence-corrected chi connectivity index (χ2v) is 6.54. The molecule has 2 N–H and O–H groups in total. The molecule has 0 spiro atoms. The zero-order valence-corrected chi connectivity index (χ0v) is 13.1. The van der Waals surface area contributed by atoms with Crippen molar-refractivity contribution in [3.63, 3.8) is 0 Å². The molecular weight excluding hydrogens is 298 g/mol. The number of hydrogen-bond donors (Lipinski definition) is 2. The zero-order valence-electron chi connectivity index (χ0n) is 13.1. The summed E-state index contributed by atoms with van der Waals surface area (Å²) in [4.78, 5) is 12.2. The van der Waals surface area contributed by atoms with Crippen LogP contribution in [0.4, 0.5) is 0 Å². The van der Waals surface area contributed by atoms with Crippen LogP contribution in [0.2, 0.25) is 0 Å². The molecule has 0 aromatic heterocycles. The van der Waals surface area contributed by atoms with E-state index in [1.807, 2.05) is 6.07 Å². The molecule has 4 atom stereocenters. The van der Waals surface area contributed by atoms with E-state index in [0.29, 0.717) is 29.4 Å². The minimum Gasteiger partial charge on any atom is -0.465 e. The highest BCUT2D eigenvalue weighted by molar-refractivity contribution is 5.92. The normalized spacial score (nSPS) is 31.7. The standard InChI is InChI=1S/C17H21NO5/c1-21-17(20)13-7-15-14(22-8-23-15)6-11(13)12-5-10(19)4-9-2-3-18-16(9)12/h6-7,9-10,12,16,18-19H,2-5,8H2,1H3/t9-,10+,12+,16-/m1/s1. The fraction of sp³-hybridized carbons (Fsp3) is 0.588. The maximum Gasteiger partial charge on any atom is 0.338 e. The molecule has 0 amide bonds. The van der Waals surface area contributed by atoms with Crippen LogP contribution >= 0.6 is 0 Å². The molecule has 1 aromatic rings. The number of methoxy groups -OCH3 is 1. The molecule has 1 aromatic carbocycles. The predicted molar refractivity (Wildman–Crippen MR) is 81.8 cm³/mol. The van der Waals surface area contributed by atoms with Crippen molar-refractivity contribution in [3.8, 4) is 11.5 Å². The number of esters is 1. The van der Waals surface area contributed by atoms with E-state index in [1.165, 1.54) is 7.11 Å². The summed E-state index contributed by atoms with van der Waals surface area (Å²) in [5, 5.41) is 13.8. The van der Waals surface area contributed by atoms with Gasteiger partial charge in [0, 0.05) is 12.0 Å². The molecule has 2 aliphatic heterocycles. The Morgan fingerprint density at radius 3 is 2.87 bits per heavy atom. The second-order valence-electron chi connectivity index (χ2n) is 6.54. The van der Waals surface area contributed by atoms with Crippen molar-refractivity contribution in [2.24, 2.45) is 5.92 Å². The fourth-order valence-corrected chi connectivity index (χ4v) is 4.27. The number of fused-ring (bicyclic) bond motifs is 2. The topological polar surface area (TPSA) is 77.0 Å². The van der Waals surface area contributed by atoms with Crippen LogP contribution in [0.25, 0.3) is 0 Å². The maximum atomic E-state index is 12.2. The molecule has 0 bridgehead atoms. The van der Waals surface area contributed by atoms with Crippen LogP contribution in [0.1, 0.15) is 41.1 Å². The number of benzene rings is 1. The van der Waals surface area contributed by atoms with Gasteiger partial charge in [-0.1, -0.05) is 0 Å². The number of carbonyl (C=O) groups is 1. The molecule has 23 heavy (non-hydrogen) atoms. The van der Waals surface area contributed by atoms with Gasteiger partial charge in [-0.05, 0) is 49.4 Å². The molecule has 124 valence electrons. The summed E-state index contributed by atoms with van der Waals surface area (Å²) in [5.41, 5.74) is 1.38. The molecular formula is C17H21NO5. The van der Waals surface area contributed by atoms with E-state index in [-0.39, 0.29) is 30.8 Å². The highest BCUT2D eigenvalue weighted by atomic mass is 16.7. The number of aliphatic hydroxyl groups is 1. The van der Waals surface area contributed by atoms with Gasteiger partial charge < -0.3 is 24.6 Å². The maximum absolute atomic E-state index is 12.2. The third-order valence-corrected chi connectivity index (χ3v) is 5.29. The fourth-order valence-electron chi connectivity index (χ4n) is 4.27. The number of hydrogen-bond acceptors (Lipinski definition) is 6. The molecule has 4 rings (SSSR count). The van der Waals surface area contributed by atoms with Crippen molar-refractivity contribution in [3.05, 3.63) is 23.3 Å². The van der Waals surface area contributed by atoms with Crippen molar-refractivity contribution in [1.29, 1.82) is 0 Å². The first-order chi connectivity index (χ1) is 11.2.